The van der Waals surface area contributed by atoms with Crippen LogP contribution in [0.4, 0.5) is 0 Å². The highest BCUT2D eigenvalue weighted by Crippen LogP contribution is 2.52. The van der Waals surface area contributed by atoms with E-state index in [0.717, 1.165) is 8.95 Å². The predicted octanol–water partition coefficient (Wildman–Crippen LogP) is 11.9. The summed E-state index contributed by atoms with van der Waals surface area (Å²) in [5, 5.41) is 0. The van der Waals surface area contributed by atoms with Gasteiger partial charge >= 0.3 is 0 Å². The minimum Gasteiger partial charge on any atom is -0.133 e. The van der Waals surface area contributed by atoms with Gasteiger partial charge in [-0.25, -0.2) is 0 Å². The van der Waals surface area contributed by atoms with Gasteiger partial charge in [0.05, 0.1) is 28.2 Å². The SMILES string of the molecule is Cc1c(/C=C/c2ccc(Br)cc2)sc2c1sc1c3sc(/C=C/c4ccc(Br)cc4)c(C)c3sc21. The highest BCUT2D eigenvalue weighted by atomic mass is 79.9. The van der Waals surface area contributed by atoms with E-state index < -0.39 is 0 Å². The Kier molecular flexibility index (Phi) is 6.17. The first-order valence-electron chi connectivity index (χ1n) is 10.7. The number of benzene rings is 2. The van der Waals surface area contributed by atoms with Crippen LogP contribution in [-0.4, -0.2) is 0 Å². The molecule has 0 nitrogen and oxygen atoms in total. The maximum Gasteiger partial charge on any atom is 0.0651 e. The minimum absolute atomic E-state index is 1.11. The molecule has 0 saturated carbocycles. The number of hydrogen-bond acceptors (Lipinski definition) is 4. The summed E-state index contributed by atoms with van der Waals surface area (Å²) in [5.74, 6) is 0. The lowest BCUT2D eigenvalue weighted by molar-refractivity contribution is 1.59. The number of thiophene rings is 4. The van der Waals surface area contributed by atoms with Gasteiger partial charge in [-0.05, 0) is 72.5 Å². The summed E-state index contributed by atoms with van der Waals surface area (Å²) < 4.78 is 10.9. The molecule has 0 aliphatic heterocycles. The number of aryl methyl sites for hydroxylation is 2. The van der Waals surface area contributed by atoms with Gasteiger partial charge in [0, 0.05) is 18.7 Å². The van der Waals surface area contributed by atoms with E-state index in [2.05, 4.69) is 119 Å². The van der Waals surface area contributed by atoms with Gasteiger partial charge in [-0.1, -0.05) is 68.3 Å². The van der Waals surface area contributed by atoms with Gasteiger partial charge in [0.2, 0.25) is 0 Å². The summed E-state index contributed by atoms with van der Waals surface area (Å²) in [7, 11) is 0. The first-order chi connectivity index (χ1) is 16.5. The highest BCUT2D eigenvalue weighted by molar-refractivity contribution is 9.10. The molecule has 0 aliphatic carbocycles. The number of fused-ring (bicyclic) bond motifs is 5. The van der Waals surface area contributed by atoms with Crippen molar-refractivity contribution >= 4 is 130 Å². The van der Waals surface area contributed by atoms with Crippen molar-refractivity contribution in [3.63, 3.8) is 0 Å². The first kappa shape index (κ1) is 22.9. The Morgan fingerprint density at radius 3 is 1.21 bits per heavy atom. The zero-order chi connectivity index (χ0) is 23.4. The van der Waals surface area contributed by atoms with E-state index in [1.807, 2.05) is 45.3 Å². The van der Waals surface area contributed by atoms with E-state index >= 15 is 0 Å². The Morgan fingerprint density at radius 2 is 0.824 bits per heavy atom. The molecule has 6 heteroatoms. The second kappa shape index (κ2) is 9.16. The molecule has 168 valence electrons. The Labute approximate surface area is 231 Å². The van der Waals surface area contributed by atoms with Gasteiger partial charge in [-0.3, -0.25) is 0 Å². The van der Waals surface area contributed by atoms with Crippen LogP contribution in [0.25, 0.3) is 52.5 Å². The lowest BCUT2D eigenvalue weighted by Crippen LogP contribution is -1.72. The van der Waals surface area contributed by atoms with Crippen molar-refractivity contribution in [1.82, 2.24) is 0 Å². The van der Waals surface area contributed by atoms with E-state index in [-0.39, 0.29) is 0 Å². The van der Waals surface area contributed by atoms with Crippen LogP contribution in [-0.2, 0) is 0 Å². The van der Waals surface area contributed by atoms with Crippen LogP contribution in [0, 0.1) is 13.8 Å². The lowest BCUT2D eigenvalue weighted by Gasteiger charge is -1.94. The molecule has 2 aromatic carbocycles. The van der Waals surface area contributed by atoms with Crippen molar-refractivity contribution in [2.45, 2.75) is 13.8 Å². The molecule has 0 unspecified atom stereocenters. The van der Waals surface area contributed by atoms with Crippen molar-refractivity contribution in [2.75, 3.05) is 0 Å². The summed E-state index contributed by atoms with van der Waals surface area (Å²) >= 11 is 14.8. The molecule has 4 heterocycles. The van der Waals surface area contributed by atoms with Crippen LogP contribution in [0.3, 0.4) is 0 Å². The Hall–Kier alpha value is -1.54. The Bertz CT molecular complexity index is 1590. The Balaban J connectivity index is 1.37. The number of hydrogen-bond donors (Lipinski definition) is 0. The molecule has 0 bridgehead atoms. The van der Waals surface area contributed by atoms with Crippen molar-refractivity contribution in [2.24, 2.45) is 0 Å². The lowest BCUT2D eigenvalue weighted by atomic mass is 10.2. The van der Waals surface area contributed by atoms with Gasteiger partial charge in [-0.15, -0.1) is 45.3 Å². The molecule has 0 atom stereocenters. The van der Waals surface area contributed by atoms with Gasteiger partial charge in [0.25, 0.3) is 0 Å². The van der Waals surface area contributed by atoms with Crippen molar-refractivity contribution < 1.29 is 0 Å². The zero-order valence-corrected chi connectivity index (χ0v) is 24.8. The van der Waals surface area contributed by atoms with E-state index in [1.54, 1.807) is 0 Å². The van der Waals surface area contributed by atoms with Crippen LogP contribution >= 0.6 is 77.2 Å². The van der Waals surface area contributed by atoms with Crippen LogP contribution in [0.2, 0.25) is 0 Å². The molecule has 0 spiro atoms. The maximum atomic E-state index is 3.51. The van der Waals surface area contributed by atoms with Crippen LogP contribution in [0.1, 0.15) is 32.0 Å². The quantitative estimate of drug-likeness (QED) is 0.180. The zero-order valence-electron chi connectivity index (χ0n) is 18.3. The third-order valence-corrected chi connectivity index (χ3v) is 12.8. The summed E-state index contributed by atoms with van der Waals surface area (Å²) in [6.07, 6.45) is 8.97. The summed E-state index contributed by atoms with van der Waals surface area (Å²) in [6, 6.07) is 16.9. The largest absolute Gasteiger partial charge is 0.133 e. The number of halogens is 2. The molecule has 34 heavy (non-hydrogen) atoms. The molecule has 0 aliphatic rings. The summed E-state index contributed by atoms with van der Waals surface area (Å²) in [5.41, 5.74) is 5.25. The molecular formula is C28H18Br2S4. The van der Waals surface area contributed by atoms with Crippen molar-refractivity contribution in [3.8, 4) is 0 Å². The van der Waals surface area contributed by atoms with Crippen LogP contribution in [0.15, 0.2) is 57.5 Å². The second-order valence-corrected chi connectivity index (χ2v) is 14.1. The van der Waals surface area contributed by atoms with E-state index in [0.29, 0.717) is 0 Å². The first-order valence-corrected chi connectivity index (χ1v) is 15.6. The third kappa shape index (κ3) is 4.08. The molecular weight excluding hydrogens is 624 g/mol. The maximum absolute atomic E-state index is 3.51. The third-order valence-electron chi connectivity index (χ3n) is 5.88. The van der Waals surface area contributed by atoms with Gasteiger partial charge in [0.15, 0.2) is 0 Å². The Morgan fingerprint density at radius 1 is 0.471 bits per heavy atom. The molecule has 0 fully saturated rings. The average Bonchev–Trinajstić information content (AvgIpc) is 3.53. The highest BCUT2D eigenvalue weighted by Gasteiger charge is 2.20. The molecule has 6 rings (SSSR count). The second-order valence-electron chi connectivity index (χ2n) is 8.13. The fourth-order valence-corrected chi connectivity index (χ4v) is 10.4. The summed E-state index contributed by atoms with van der Waals surface area (Å²) in [4.78, 5) is 2.72. The standard InChI is InChI=1S/C28H18Br2S4/c1-15-21(13-7-17-3-9-19(29)10-4-17)31-25-23(15)33-28-26-24(34-27(25)28)16(2)22(32-26)14-8-18-5-11-20(30)12-6-18/h3-14H,1-2H3/b13-7+,14-8+. The molecule has 0 amide bonds. The summed E-state index contributed by atoms with van der Waals surface area (Å²) in [6.45, 7) is 4.53. The van der Waals surface area contributed by atoms with Crippen molar-refractivity contribution in [1.29, 1.82) is 0 Å². The fourth-order valence-electron chi connectivity index (χ4n) is 3.98. The van der Waals surface area contributed by atoms with E-state index in [1.165, 1.54) is 60.2 Å². The van der Waals surface area contributed by atoms with Crippen LogP contribution in [0.5, 0.6) is 0 Å². The van der Waals surface area contributed by atoms with Crippen molar-refractivity contribution in [3.05, 3.63) is 89.5 Å². The molecule has 6 aromatic rings. The van der Waals surface area contributed by atoms with E-state index in [9.17, 15) is 0 Å². The van der Waals surface area contributed by atoms with Gasteiger partial charge < -0.3 is 0 Å². The topological polar surface area (TPSA) is 0 Å². The predicted molar refractivity (Wildman–Crippen MR) is 166 cm³/mol. The smallest absolute Gasteiger partial charge is 0.0651 e. The molecule has 0 saturated heterocycles. The minimum atomic E-state index is 1.11. The van der Waals surface area contributed by atoms with Gasteiger partial charge in [-0.2, -0.15) is 0 Å². The molecule has 0 radical (unpaired) electrons. The molecule has 4 aromatic heterocycles. The fraction of sp³-hybridized carbons (Fsp3) is 0.0714. The normalized spacial score (nSPS) is 12.5. The van der Waals surface area contributed by atoms with Gasteiger partial charge in [0.1, 0.15) is 0 Å². The molecule has 0 N–H and O–H groups in total. The van der Waals surface area contributed by atoms with Crippen LogP contribution < -0.4 is 0 Å². The van der Waals surface area contributed by atoms with E-state index in [4.69, 9.17) is 0 Å². The number of rotatable bonds is 4. The monoisotopic (exact) mass is 640 g/mol. The average molecular weight is 643 g/mol.